The molecule has 0 radical (unpaired) electrons. The highest BCUT2D eigenvalue weighted by Crippen LogP contribution is 2.30. The number of sulfonamides is 1. The first-order valence-electron chi connectivity index (χ1n) is 5.94. The molecule has 6 nitrogen and oxygen atoms in total. The number of aromatic carboxylic acids is 1. The predicted octanol–water partition coefficient (Wildman–Crippen LogP) is 2.19. The summed E-state index contributed by atoms with van der Waals surface area (Å²) in [6.45, 7) is 1.67. The summed E-state index contributed by atoms with van der Waals surface area (Å²) in [5.41, 5.74) is -0.298. The van der Waals surface area contributed by atoms with E-state index < -0.39 is 22.1 Å². The summed E-state index contributed by atoms with van der Waals surface area (Å²) in [5, 5.41) is 18.2. The molecule has 1 aromatic rings. The Bertz CT molecular complexity index is 647. The van der Waals surface area contributed by atoms with E-state index in [1.807, 2.05) is 0 Å². The summed E-state index contributed by atoms with van der Waals surface area (Å²) >= 11 is 8.87. The van der Waals surface area contributed by atoms with Crippen molar-refractivity contribution in [3.8, 4) is 0 Å². The van der Waals surface area contributed by atoms with E-state index in [2.05, 4.69) is 15.9 Å². The molecule has 2 N–H and O–H groups in total. The van der Waals surface area contributed by atoms with E-state index in [0.717, 1.165) is 10.4 Å². The van der Waals surface area contributed by atoms with Crippen LogP contribution in [-0.4, -0.2) is 48.6 Å². The summed E-state index contributed by atoms with van der Waals surface area (Å²) in [5.74, 6) is -1.32. The molecular weight excluding hydrogens is 386 g/mol. The Morgan fingerprint density at radius 2 is 2.05 bits per heavy atom. The van der Waals surface area contributed by atoms with Crippen molar-refractivity contribution in [1.29, 1.82) is 0 Å². The zero-order valence-corrected chi connectivity index (χ0v) is 14.5. The van der Waals surface area contributed by atoms with Gasteiger partial charge in [-0.3, -0.25) is 0 Å². The fraction of sp³-hybridized carbons (Fsp3) is 0.417. The highest BCUT2D eigenvalue weighted by molar-refractivity contribution is 9.10. The van der Waals surface area contributed by atoms with Crippen molar-refractivity contribution in [2.75, 3.05) is 13.6 Å². The number of carboxylic acid groups (broad SMARTS) is 1. The molecule has 0 fully saturated rings. The fourth-order valence-electron chi connectivity index (χ4n) is 1.54. The number of halogens is 2. The van der Waals surface area contributed by atoms with Gasteiger partial charge in [0.05, 0.1) is 21.6 Å². The lowest BCUT2D eigenvalue weighted by atomic mass is 10.2. The monoisotopic (exact) mass is 399 g/mol. The Kier molecular flexibility index (Phi) is 6.18. The van der Waals surface area contributed by atoms with Crippen LogP contribution in [-0.2, 0) is 10.0 Å². The first kappa shape index (κ1) is 18.4. The molecule has 0 saturated carbocycles. The Hall–Kier alpha value is -0.670. The van der Waals surface area contributed by atoms with Gasteiger partial charge in [-0.15, -0.1) is 0 Å². The van der Waals surface area contributed by atoms with Crippen LogP contribution >= 0.6 is 27.5 Å². The van der Waals surface area contributed by atoms with Crippen LogP contribution in [0.1, 0.15) is 23.7 Å². The molecule has 0 aliphatic carbocycles. The number of rotatable bonds is 6. The molecule has 0 aliphatic heterocycles. The number of aliphatic hydroxyl groups is 1. The lowest BCUT2D eigenvalue weighted by Crippen LogP contribution is -2.29. The Balaban J connectivity index is 3.23. The molecular formula is C12H15BrClNO5S. The van der Waals surface area contributed by atoms with Crippen LogP contribution in [0.15, 0.2) is 21.5 Å². The average molecular weight is 401 g/mol. The number of carbonyl (C=O) groups is 1. The van der Waals surface area contributed by atoms with Crippen LogP contribution in [0.4, 0.5) is 0 Å². The molecule has 118 valence electrons. The van der Waals surface area contributed by atoms with Crippen molar-refractivity contribution >= 4 is 43.5 Å². The molecule has 1 aromatic carbocycles. The summed E-state index contributed by atoms with van der Waals surface area (Å²) in [7, 11) is -2.50. The van der Waals surface area contributed by atoms with Gasteiger partial charge in [0.2, 0.25) is 10.0 Å². The standard InChI is InChI=1S/C12H15BrClNO5S/c1-7(16)3-4-15(2)21(19,20)8-5-9(12(17)18)11(14)10(13)6-8/h5-7,16H,3-4H2,1-2H3,(H,17,18). The third-order valence-corrected chi connectivity index (χ3v) is 5.90. The van der Waals surface area contributed by atoms with Gasteiger partial charge in [-0.2, -0.15) is 0 Å². The molecule has 9 heteroatoms. The third kappa shape index (κ3) is 4.40. The Morgan fingerprint density at radius 3 is 2.52 bits per heavy atom. The summed E-state index contributed by atoms with van der Waals surface area (Å²) in [6.07, 6.45) is -0.356. The van der Waals surface area contributed by atoms with Gasteiger partial charge in [-0.25, -0.2) is 17.5 Å². The second-order valence-corrected chi connectivity index (χ2v) is 7.81. The molecule has 0 heterocycles. The Labute approximate surface area is 136 Å². The maximum atomic E-state index is 12.4. The number of benzene rings is 1. The second kappa shape index (κ2) is 7.06. The summed E-state index contributed by atoms with van der Waals surface area (Å²) in [6, 6.07) is 2.27. The van der Waals surface area contributed by atoms with E-state index in [-0.39, 0.29) is 32.9 Å². The van der Waals surface area contributed by atoms with Crippen LogP contribution in [0.25, 0.3) is 0 Å². The summed E-state index contributed by atoms with van der Waals surface area (Å²) in [4.78, 5) is 10.9. The van der Waals surface area contributed by atoms with Gasteiger partial charge in [0.1, 0.15) is 0 Å². The number of aliphatic hydroxyl groups excluding tert-OH is 1. The van der Waals surface area contributed by atoms with Crippen LogP contribution < -0.4 is 0 Å². The quantitative estimate of drug-likeness (QED) is 0.763. The van der Waals surface area contributed by atoms with E-state index in [9.17, 15) is 18.3 Å². The number of nitrogens with zero attached hydrogens (tertiary/aromatic N) is 1. The molecule has 1 unspecified atom stereocenters. The summed E-state index contributed by atoms with van der Waals surface area (Å²) < 4.78 is 26.0. The van der Waals surface area contributed by atoms with Gasteiger partial charge in [0, 0.05) is 18.1 Å². The average Bonchev–Trinajstić information content (AvgIpc) is 2.38. The Morgan fingerprint density at radius 1 is 1.48 bits per heavy atom. The molecule has 0 spiro atoms. The molecule has 21 heavy (non-hydrogen) atoms. The minimum atomic E-state index is -3.86. The van der Waals surface area contributed by atoms with Gasteiger partial charge in [0.25, 0.3) is 0 Å². The van der Waals surface area contributed by atoms with E-state index in [1.165, 1.54) is 13.1 Å². The SMILES string of the molecule is CC(O)CCN(C)S(=O)(=O)c1cc(Br)c(Cl)c(C(=O)O)c1. The van der Waals surface area contributed by atoms with Crippen LogP contribution in [0.5, 0.6) is 0 Å². The lowest BCUT2D eigenvalue weighted by molar-refractivity contribution is 0.0696. The minimum Gasteiger partial charge on any atom is -0.478 e. The molecule has 1 rings (SSSR count). The van der Waals surface area contributed by atoms with Crippen molar-refractivity contribution in [3.63, 3.8) is 0 Å². The maximum Gasteiger partial charge on any atom is 0.337 e. The van der Waals surface area contributed by atoms with Crippen LogP contribution in [0.3, 0.4) is 0 Å². The van der Waals surface area contributed by atoms with E-state index in [4.69, 9.17) is 16.7 Å². The van der Waals surface area contributed by atoms with Crippen molar-refractivity contribution in [2.45, 2.75) is 24.3 Å². The van der Waals surface area contributed by atoms with Crippen molar-refractivity contribution < 1.29 is 23.4 Å². The van der Waals surface area contributed by atoms with Crippen LogP contribution in [0, 0.1) is 0 Å². The molecule has 0 bridgehead atoms. The van der Waals surface area contributed by atoms with E-state index in [1.54, 1.807) is 6.92 Å². The number of hydrogen-bond acceptors (Lipinski definition) is 4. The zero-order valence-electron chi connectivity index (χ0n) is 11.4. The predicted molar refractivity (Wildman–Crippen MR) is 82.2 cm³/mol. The highest BCUT2D eigenvalue weighted by atomic mass is 79.9. The van der Waals surface area contributed by atoms with Gasteiger partial charge in [-0.1, -0.05) is 11.6 Å². The van der Waals surface area contributed by atoms with E-state index in [0.29, 0.717) is 0 Å². The van der Waals surface area contributed by atoms with Gasteiger partial charge < -0.3 is 10.2 Å². The molecule has 1 atom stereocenters. The normalized spacial score (nSPS) is 13.4. The minimum absolute atomic E-state index is 0.0620. The van der Waals surface area contributed by atoms with Crippen molar-refractivity contribution in [1.82, 2.24) is 4.31 Å². The van der Waals surface area contributed by atoms with Crippen molar-refractivity contribution in [3.05, 3.63) is 27.2 Å². The number of hydrogen-bond donors (Lipinski definition) is 2. The lowest BCUT2D eigenvalue weighted by Gasteiger charge is -2.18. The maximum absolute atomic E-state index is 12.4. The van der Waals surface area contributed by atoms with E-state index >= 15 is 0 Å². The molecule has 0 amide bonds. The van der Waals surface area contributed by atoms with Gasteiger partial charge in [0.15, 0.2) is 0 Å². The zero-order chi connectivity index (χ0) is 16.4. The van der Waals surface area contributed by atoms with Gasteiger partial charge in [-0.05, 0) is 41.4 Å². The third-order valence-electron chi connectivity index (χ3n) is 2.80. The first-order valence-corrected chi connectivity index (χ1v) is 8.55. The number of carboxylic acids is 1. The fourth-order valence-corrected chi connectivity index (χ4v) is 3.58. The van der Waals surface area contributed by atoms with Crippen molar-refractivity contribution in [2.24, 2.45) is 0 Å². The molecule has 0 aromatic heterocycles. The first-order chi connectivity index (χ1) is 9.57. The topological polar surface area (TPSA) is 94.9 Å². The second-order valence-electron chi connectivity index (χ2n) is 4.54. The van der Waals surface area contributed by atoms with Crippen LogP contribution in [0.2, 0.25) is 5.02 Å². The smallest absolute Gasteiger partial charge is 0.337 e. The van der Waals surface area contributed by atoms with Gasteiger partial charge >= 0.3 is 5.97 Å². The molecule has 0 saturated heterocycles. The largest absolute Gasteiger partial charge is 0.478 e. The molecule has 0 aliphatic rings. The highest BCUT2D eigenvalue weighted by Gasteiger charge is 2.24.